The Morgan fingerprint density at radius 2 is 2.04 bits per heavy atom. The van der Waals surface area contributed by atoms with Gasteiger partial charge in [-0.25, -0.2) is 4.98 Å². The molecule has 3 rings (SSSR count). The number of anilines is 1. The molecule has 6 nitrogen and oxygen atoms in total. The number of aryl methyl sites for hydroxylation is 1. The van der Waals surface area contributed by atoms with E-state index in [9.17, 15) is 9.59 Å². The van der Waals surface area contributed by atoms with Gasteiger partial charge in [0, 0.05) is 32.4 Å². The summed E-state index contributed by atoms with van der Waals surface area (Å²) >= 11 is 0. The van der Waals surface area contributed by atoms with Gasteiger partial charge in [0.1, 0.15) is 11.6 Å². The van der Waals surface area contributed by atoms with Gasteiger partial charge in [-0.3, -0.25) is 9.59 Å². The highest BCUT2D eigenvalue weighted by Crippen LogP contribution is 2.30. The lowest BCUT2D eigenvalue weighted by atomic mass is 9.97. The largest absolute Gasteiger partial charge is 0.355 e. The van der Waals surface area contributed by atoms with E-state index in [1.54, 1.807) is 20.2 Å². The highest BCUT2D eigenvalue weighted by molar-refractivity contribution is 6.01. The van der Waals surface area contributed by atoms with Gasteiger partial charge >= 0.3 is 0 Å². The molecule has 0 aliphatic carbocycles. The maximum Gasteiger partial charge on any atom is 0.253 e. The van der Waals surface area contributed by atoms with Gasteiger partial charge in [0.15, 0.2) is 0 Å². The van der Waals surface area contributed by atoms with Crippen LogP contribution in [-0.4, -0.2) is 49.4 Å². The summed E-state index contributed by atoms with van der Waals surface area (Å²) in [6.45, 7) is 5.70. The number of benzene rings is 1. The summed E-state index contributed by atoms with van der Waals surface area (Å²) in [7, 11) is 1.63. The van der Waals surface area contributed by atoms with Crippen LogP contribution in [0.15, 0.2) is 36.5 Å². The standard InChI is InChI=1S/C21H26N4O2/c1-14-6-4-5-7-17(14)18-10-20(24-12-19(18)21(27)22-3)25-9-8-16(13-25)23-11-15(2)26/h4-7,10,12,16,23H,8-9,11,13H2,1-3H3,(H,22,27). The van der Waals surface area contributed by atoms with Crippen molar-refractivity contribution >= 4 is 17.5 Å². The van der Waals surface area contributed by atoms with E-state index < -0.39 is 0 Å². The van der Waals surface area contributed by atoms with Gasteiger partial charge in [0.2, 0.25) is 0 Å². The Morgan fingerprint density at radius 1 is 1.26 bits per heavy atom. The van der Waals surface area contributed by atoms with E-state index in [2.05, 4.69) is 20.5 Å². The van der Waals surface area contributed by atoms with Gasteiger partial charge in [-0.15, -0.1) is 0 Å². The Balaban J connectivity index is 1.90. The van der Waals surface area contributed by atoms with Crippen LogP contribution in [0.5, 0.6) is 0 Å². The van der Waals surface area contributed by atoms with Crippen LogP contribution in [0.2, 0.25) is 0 Å². The number of aromatic nitrogens is 1. The second-order valence-corrected chi connectivity index (χ2v) is 7.00. The first kappa shape index (κ1) is 19.0. The summed E-state index contributed by atoms with van der Waals surface area (Å²) in [6, 6.07) is 10.3. The van der Waals surface area contributed by atoms with Crippen molar-refractivity contribution in [2.45, 2.75) is 26.3 Å². The zero-order chi connectivity index (χ0) is 19.4. The fourth-order valence-electron chi connectivity index (χ4n) is 3.45. The Labute approximate surface area is 160 Å². The normalized spacial score (nSPS) is 16.4. The maximum atomic E-state index is 12.3. The van der Waals surface area contributed by atoms with E-state index in [4.69, 9.17) is 0 Å². The summed E-state index contributed by atoms with van der Waals surface area (Å²) in [6.07, 6.45) is 2.62. The smallest absolute Gasteiger partial charge is 0.253 e. The molecule has 27 heavy (non-hydrogen) atoms. The van der Waals surface area contributed by atoms with E-state index >= 15 is 0 Å². The number of hydrogen-bond donors (Lipinski definition) is 2. The topological polar surface area (TPSA) is 74.3 Å². The first-order chi connectivity index (χ1) is 13.0. The molecular weight excluding hydrogens is 340 g/mol. The molecule has 2 aromatic rings. The molecule has 1 amide bonds. The van der Waals surface area contributed by atoms with Gasteiger partial charge in [-0.1, -0.05) is 24.3 Å². The third-order valence-electron chi connectivity index (χ3n) is 4.95. The third kappa shape index (κ3) is 4.34. The van der Waals surface area contributed by atoms with E-state index in [0.29, 0.717) is 12.1 Å². The predicted molar refractivity (Wildman–Crippen MR) is 107 cm³/mol. The number of carbonyl (C=O) groups is 2. The van der Waals surface area contributed by atoms with Crippen LogP contribution in [0.25, 0.3) is 11.1 Å². The highest BCUT2D eigenvalue weighted by Gasteiger charge is 2.25. The molecule has 1 atom stereocenters. The lowest BCUT2D eigenvalue weighted by Gasteiger charge is -2.20. The number of ketones is 1. The molecular formula is C21H26N4O2. The average Bonchev–Trinajstić information content (AvgIpc) is 3.15. The molecule has 142 valence electrons. The van der Waals surface area contributed by atoms with Gasteiger partial charge in [0.05, 0.1) is 12.1 Å². The fraction of sp³-hybridized carbons (Fsp3) is 0.381. The molecule has 1 aliphatic rings. The molecule has 1 aliphatic heterocycles. The lowest BCUT2D eigenvalue weighted by molar-refractivity contribution is -0.116. The summed E-state index contributed by atoms with van der Waals surface area (Å²) in [5.74, 6) is 0.853. The molecule has 1 aromatic carbocycles. The molecule has 6 heteroatoms. The number of nitrogens with zero attached hydrogens (tertiary/aromatic N) is 2. The Bertz CT molecular complexity index is 850. The van der Waals surface area contributed by atoms with Gasteiger partial charge in [-0.05, 0) is 43.0 Å². The monoisotopic (exact) mass is 366 g/mol. The van der Waals surface area contributed by atoms with Crippen LogP contribution in [0.1, 0.15) is 29.3 Å². The zero-order valence-electron chi connectivity index (χ0n) is 16.1. The van der Waals surface area contributed by atoms with Crippen LogP contribution in [0.4, 0.5) is 5.82 Å². The molecule has 0 bridgehead atoms. The number of amides is 1. The predicted octanol–water partition coefficient (Wildman–Crippen LogP) is 2.17. The molecule has 0 spiro atoms. The maximum absolute atomic E-state index is 12.3. The number of hydrogen-bond acceptors (Lipinski definition) is 5. The number of nitrogens with one attached hydrogen (secondary N) is 2. The molecule has 2 heterocycles. The van der Waals surface area contributed by atoms with Crippen molar-refractivity contribution in [2.24, 2.45) is 0 Å². The summed E-state index contributed by atoms with van der Waals surface area (Å²) in [5.41, 5.74) is 3.60. The minimum absolute atomic E-state index is 0.142. The highest BCUT2D eigenvalue weighted by atomic mass is 16.1. The van der Waals surface area contributed by atoms with Crippen molar-refractivity contribution in [1.29, 1.82) is 0 Å². The SMILES string of the molecule is CNC(=O)c1cnc(N2CCC(NCC(C)=O)C2)cc1-c1ccccc1C. The first-order valence-corrected chi connectivity index (χ1v) is 9.25. The lowest BCUT2D eigenvalue weighted by Crippen LogP contribution is -2.35. The van der Waals surface area contributed by atoms with Crippen LogP contribution in [0.3, 0.4) is 0 Å². The molecule has 1 unspecified atom stereocenters. The molecule has 0 radical (unpaired) electrons. The summed E-state index contributed by atoms with van der Waals surface area (Å²) in [4.78, 5) is 30.3. The number of pyridine rings is 1. The number of rotatable bonds is 6. The molecule has 1 fully saturated rings. The van der Waals surface area contributed by atoms with Crippen molar-refractivity contribution in [1.82, 2.24) is 15.6 Å². The number of carbonyl (C=O) groups excluding carboxylic acids is 2. The molecule has 1 aromatic heterocycles. The molecule has 0 saturated carbocycles. The van der Waals surface area contributed by atoms with Crippen LogP contribution in [-0.2, 0) is 4.79 Å². The van der Waals surface area contributed by atoms with E-state index in [-0.39, 0.29) is 17.7 Å². The number of Topliss-reactive ketones (excluding diaryl/α,β-unsaturated/α-hetero) is 1. The van der Waals surface area contributed by atoms with Crippen LogP contribution < -0.4 is 15.5 Å². The van der Waals surface area contributed by atoms with E-state index in [1.165, 1.54) is 0 Å². The van der Waals surface area contributed by atoms with Gasteiger partial charge < -0.3 is 15.5 Å². The quantitative estimate of drug-likeness (QED) is 0.820. The van der Waals surface area contributed by atoms with Crippen molar-refractivity contribution in [3.63, 3.8) is 0 Å². The van der Waals surface area contributed by atoms with Crippen molar-refractivity contribution < 1.29 is 9.59 Å². The van der Waals surface area contributed by atoms with Crippen molar-refractivity contribution in [3.05, 3.63) is 47.7 Å². The summed E-state index contributed by atoms with van der Waals surface area (Å²) < 4.78 is 0. The fourth-order valence-corrected chi connectivity index (χ4v) is 3.45. The van der Waals surface area contributed by atoms with E-state index in [0.717, 1.165) is 42.0 Å². The Hall–Kier alpha value is -2.73. The Kier molecular flexibility index (Phi) is 5.86. The second-order valence-electron chi connectivity index (χ2n) is 7.00. The third-order valence-corrected chi connectivity index (χ3v) is 4.95. The minimum atomic E-state index is -0.144. The van der Waals surface area contributed by atoms with Crippen LogP contribution >= 0.6 is 0 Å². The van der Waals surface area contributed by atoms with Crippen molar-refractivity contribution in [2.75, 3.05) is 31.6 Å². The average molecular weight is 366 g/mol. The summed E-state index contributed by atoms with van der Waals surface area (Å²) in [5, 5.41) is 5.99. The van der Waals surface area contributed by atoms with Gasteiger partial charge in [-0.2, -0.15) is 0 Å². The van der Waals surface area contributed by atoms with Gasteiger partial charge in [0.25, 0.3) is 5.91 Å². The minimum Gasteiger partial charge on any atom is -0.355 e. The van der Waals surface area contributed by atoms with E-state index in [1.807, 2.05) is 37.3 Å². The second kappa shape index (κ2) is 8.31. The van der Waals surface area contributed by atoms with Crippen LogP contribution in [0, 0.1) is 6.92 Å². The first-order valence-electron chi connectivity index (χ1n) is 9.25. The molecule has 1 saturated heterocycles. The molecule has 2 N–H and O–H groups in total. The van der Waals surface area contributed by atoms with Crippen molar-refractivity contribution in [3.8, 4) is 11.1 Å². The zero-order valence-corrected chi connectivity index (χ0v) is 16.1. The Morgan fingerprint density at radius 3 is 2.74 bits per heavy atom.